The maximum absolute atomic E-state index is 12.5. The minimum Gasteiger partial charge on any atom is -0.611 e. The summed E-state index contributed by atoms with van der Waals surface area (Å²) < 4.78 is 12.5. The van der Waals surface area contributed by atoms with Crippen LogP contribution in [0, 0.1) is 11.3 Å². The van der Waals surface area contributed by atoms with E-state index < -0.39 is 16.6 Å². The van der Waals surface area contributed by atoms with Gasteiger partial charge in [-0.3, -0.25) is 0 Å². The predicted octanol–water partition coefficient (Wildman–Crippen LogP) is 2.14. The smallest absolute Gasteiger partial charge is 0.227 e. The molecule has 8 heteroatoms. The average Bonchev–Trinajstić information content (AvgIpc) is 3.47. The minimum absolute atomic E-state index is 0.0409. The molecule has 156 valence electrons. The number of anilines is 2. The number of fused-ring (bicyclic) bond motifs is 1. The molecule has 2 aromatic rings. The van der Waals surface area contributed by atoms with E-state index in [1.54, 1.807) is 0 Å². The van der Waals surface area contributed by atoms with E-state index in [2.05, 4.69) is 16.3 Å². The molecule has 1 aliphatic carbocycles. The Kier molecular flexibility index (Phi) is 4.85. The Morgan fingerprint density at radius 1 is 1.17 bits per heavy atom. The van der Waals surface area contributed by atoms with Gasteiger partial charge in [-0.05, 0) is 42.4 Å². The van der Waals surface area contributed by atoms with Crippen LogP contribution in [-0.2, 0) is 23.0 Å². The lowest BCUT2D eigenvalue weighted by molar-refractivity contribution is 0.265. The van der Waals surface area contributed by atoms with Crippen molar-refractivity contribution in [3.05, 3.63) is 41.6 Å². The Bertz CT molecular complexity index is 981. The maximum atomic E-state index is 12.5. The van der Waals surface area contributed by atoms with Crippen molar-refractivity contribution in [1.29, 1.82) is 5.26 Å². The number of aromatic nitrogens is 2. The van der Waals surface area contributed by atoms with Crippen LogP contribution in [0.5, 0.6) is 0 Å². The van der Waals surface area contributed by atoms with Gasteiger partial charge in [0.15, 0.2) is 5.82 Å². The summed E-state index contributed by atoms with van der Waals surface area (Å²) in [5.74, 6) is 1.81. The van der Waals surface area contributed by atoms with Crippen molar-refractivity contribution in [2.75, 3.05) is 35.7 Å². The van der Waals surface area contributed by atoms with E-state index in [0.717, 1.165) is 24.1 Å². The number of nitrogens with zero attached hydrogens (tertiary/aromatic N) is 4. The monoisotopic (exact) mass is 423 g/mol. The molecule has 2 aliphatic heterocycles. The lowest BCUT2D eigenvalue weighted by Crippen LogP contribution is -2.43. The summed E-state index contributed by atoms with van der Waals surface area (Å²) in [4.78, 5) is 12.3. The molecule has 1 aromatic carbocycles. The van der Waals surface area contributed by atoms with Crippen LogP contribution in [0.3, 0.4) is 0 Å². The van der Waals surface area contributed by atoms with Crippen LogP contribution < -0.4 is 10.2 Å². The van der Waals surface area contributed by atoms with Crippen molar-refractivity contribution in [2.24, 2.45) is 0 Å². The van der Waals surface area contributed by atoms with Gasteiger partial charge in [0.25, 0.3) is 0 Å². The Morgan fingerprint density at radius 3 is 2.53 bits per heavy atom. The number of nitrogens with one attached hydrogen (secondary N) is 1. The van der Waals surface area contributed by atoms with Gasteiger partial charge < -0.3 is 19.9 Å². The van der Waals surface area contributed by atoms with Gasteiger partial charge in [0.1, 0.15) is 11.4 Å². The van der Waals surface area contributed by atoms with Crippen LogP contribution in [0.4, 0.5) is 11.8 Å². The van der Waals surface area contributed by atoms with E-state index in [9.17, 15) is 14.9 Å². The second-order valence-corrected chi connectivity index (χ2v) is 10.1. The summed E-state index contributed by atoms with van der Waals surface area (Å²) in [6.45, 7) is 1.42. The first-order valence-electron chi connectivity index (χ1n) is 10.5. The number of hydrogen-bond acceptors (Lipinski definition) is 7. The van der Waals surface area contributed by atoms with Crippen molar-refractivity contribution >= 4 is 22.9 Å². The van der Waals surface area contributed by atoms with Crippen molar-refractivity contribution < 1.29 is 9.66 Å². The summed E-state index contributed by atoms with van der Waals surface area (Å²) in [6.07, 6.45) is 3.87. The van der Waals surface area contributed by atoms with Gasteiger partial charge in [-0.1, -0.05) is 30.3 Å². The van der Waals surface area contributed by atoms with Gasteiger partial charge in [-0.2, -0.15) is 10.2 Å². The zero-order chi connectivity index (χ0) is 20.8. The first kappa shape index (κ1) is 19.6. The van der Waals surface area contributed by atoms with E-state index in [4.69, 9.17) is 9.97 Å². The summed E-state index contributed by atoms with van der Waals surface area (Å²) in [5, 5.41) is 23.0. The third-order valence-corrected chi connectivity index (χ3v) is 8.12. The lowest BCUT2D eigenvalue weighted by atomic mass is 9.74. The molecule has 1 aromatic heterocycles. The molecule has 3 heterocycles. The normalized spacial score (nSPS) is 23.5. The highest BCUT2D eigenvalue weighted by Gasteiger charge is 2.45. The number of aliphatic hydroxyl groups excluding tert-OH is 1. The Balaban J connectivity index is 1.41. The molecular formula is C22H25N5O2S. The molecule has 1 saturated carbocycles. The van der Waals surface area contributed by atoms with Crippen molar-refractivity contribution in [3.8, 4) is 6.07 Å². The second kappa shape index (κ2) is 7.41. The van der Waals surface area contributed by atoms with E-state index in [-0.39, 0.29) is 12.1 Å². The maximum Gasteiger partial charge on any atom is 0.227 e. The van der Waals surface area contributed by atoms with Gasteiger partial charge in [0.05, 0.1) is 23.6 Å². The highest BCUT2D eigenvalue weighted by Crippen LogP contribution is 2.42. The van der Waals surface area contributed by atoms with Crippen LogP contribution in [0.1, 0.15) is 36.9 Å². The van der Waals surface area contributed by atoms with Crippen LogP contribution in [0.2, 0.25) is 0 Å². The molecule has 0 amide bonds. The minimum atomic E-state index is -1.10. The summed E-state index contributed by atoms with van der Waals surface area (Å²) in [6, 6.07) is 12.6. The van der Waals surface area contributed by atoms with E-state index in [0.29, 0.717) is 54.8 Å². The van der Waals surface area contributed by atoms with Crippen LogP contribution in [0.15, 0.2) is 35.2 Å². The molecule has 2 N–H and O–H groups in total. The fourth-order valence-electron chi connectivity index (χ4n) is 4.45. The molecule has 2 fully saturated rings. The van der Waals surface area contributed by atoms with Crippen molar-refractivity contribution in [2.45, 2.75) is 48.0 Å². The summed E-state index contributed by atoms with van der Waals surface area (Å²) in [5.41, 5.74) is 1.09. The number of benzene rings is 1. The number of nitriles is 1. The standard InChI is InChI=1S/C22H25N5O2S/c23-14-21(16-4-2-1-3-5-16)9-11-27(12-10-21)20-24-17-6-13-30(29)18(17)19(25-20)26-22(15-28)7-8-22/h1-5,28H,6-13,15H2,(H,24,25,26). The first-order chi connectivity index (χ1) is 14.6. The molecule has 1 atom stereocenters. The fraction of sp³-hybridized carbons (Fsp3) is 0.500. The number of rotatable bonds is 5. The largest absolute Gasteiger partial charge is 0.611 e. The number of aliphatic hydroxyl groups is 1. The van der Waals surface area contributed by atoms with Gasteiger partial charge in [0.2, 0.25) is 10.8 Å². The van der Waals surface area contributed by atoms with Gasteiger partial charge >= 0.3 is 0 Å². The number of aryl methyl sites for hydroxylation is 1. The molecule has 30 heavy (non-hydrogen) atoms. The molecule has 0 radical (unpaired) electrons. The van der Waals surface area contributed by atoms with Crippen LogP contribution in [-0.4, -0.2) is 50.6 Å². The molecule has 1 unspecified atom stereocenters. The zero-order valence-corrected chi connectivity index (χ0v) is 17.6. The average molecular weight is 424 g/mol. The molecule has 1 saturated heterocycles. The van der Waals surface area contributed by atoms with Crippen molar-refractivity contribution in [3.63, 3.8) is 0 Å². The van der Waals surface area contributed by atoms with E-state index >= 15 is 0 Å². The second-order valence-electron chi connectivity index (χ2n) is 8.56. The Hall–Kier alpha value is -2.34. The van der Waals surface area contributed by atoms with Gasteiger partial charge in [-0.25, -0.2) is 4.98 Å². The molecular weight excluding hydrogens is 398 g/mol. The number of piperidine rings is 1. The molecule has 0 spiro atoms. The van der Waals surface area contributed by atoms with Crippen LogP contribution in [0.25, 0.3) is 0 Å². The van der Waals surface area contributed by atoms with E-state index in [1.807, 2.05) is 30.3 Å². The molecule has 0 bridgehead atoms. The van der Waals surface area contributed by atoms with Gasteiger partial charge in [-0.15, -0.1) is 0 Å². The number of hydrogen-bond donors (Lipinski definition) is 2. The Labute approximate surface area is 179 Å². The molecule has 7 nitrogen and oxygen atoms in total. The highest BCUT2D eigenvalue weighted by molar-refractivity contribution is 7.91. The summed E-state index contributed by atoms with van der Waals surface area (Å²) >= 11 is -1.10. The predicted molar refractivity (Wildman–Crippen MR) is 115 cm³/mol. The summed E-state index contributed by atoms with van der Waals surface area (Å²) in [7, 11) is 0. The highest BCUT2D eigenvalue weighted by atomic mass is 32.2. The topological polar surface area (TPSA) is 108 Å². The molecule has 5 rings (SSSR count). The fourth-order valence-corrected chi connectivity index (χ4v) is 5.75. The quantitative estimate of drug-likeness (QED) is 0.709. The van der Waals surface area contributed by atoms with Crippen molar-refractivity contribution in [1.82, 2.24) is 9.97 Å². The van der Waals surface area contributed by atoms with E-state index in [1.165, 1.54) is 0 Å². The first-order valence-corrected chi connectivity index (χ1v) is 11.8. The SMILES string of the molecule is N#CC1(c2ccccc2)CCN(c2nc3c(c(NC4(CO)CC4)n2)[S+]([O-])CC3)CC1. The van der Waals surface area contributed by atoms with Gasteiger partial charge in [0, 0.05) is 19.5 Å². The zero-order valence-electron chi connectivity index (χ0n) is 16.8. The third kappa shape index (κ3) is 3.31. The third-order valence-electron chi connectivity index (χ3n) is 6.66. The molecule has 3 aliphatic rings. The lowest BCUT2D eigenvalue weighted by Gasteiger charge is -2.37. The Morgan fingerprint density at radius 2 is 1.90 bits per heavy atom. The van der Waals surface area contributed by atoms with Crippen LogP contribution >= 0.6 is 0 Å².